The van der Waals surface area contributed by atoms with Crippen LogP contribution in [0.1, 0.15) is 12.8 Å². The van der Waals surface area contributed by atoms with Crippen molar-refractivity contribution >= 4 is 26.0 Å². The van der Waals surface area contributed by atoms with Gasteiger partial charge in [0.05, 0.1) is 9.79 Å². The number of benzene rings is 1. The number of rotatable bonds is 6. The van der Waals surface area contributed by atoms with Crippen LogP contribution in [0.5, 0.6) is 0 Å². The molecule has 10 heteroatoms. The monoisotopic (exact) mass is 348 g/mol. The number of nitrogens with zero attached hydrogens (tertiary/aromatic N) is 1. The molecule has 0 aromatic heterocycles. The maximum Gasteiger partial charge on any atom is 0.318 e. The van der Waals surface area contributed by atoms with Gasteiger partial charge in [-0.3, -0.25) is 4.79 Å². The molecular weight excluding hydrogens is 332 g/mol. The maximum atomic E-state index is 12.3. The van der Waals surface area contributed by atoms with Crippen LogP contribution in [-0.4, -0.2) is 51.9 Å². The third kappa shape index (κ3) is 3.64. The molecule has 0 unspecified atom stereocenters. The minimum Gasteiger partial charge on any atom is -0.480 e. The van der Waals surface area contributed by atoms with Crippen molar-refractivity contribution < 1.29 is 26.7 Å². The molecule has 122 valence electrons. The lowest BCUT2D eigenvalue weighted by Gasteiger charge is -2.15. The van der Waals surface area contributed by atoms with Crippen molar-refractivity contribution in [1.29, 1.82) is 0 Å². The van der Waals surface area contributed by atoms with Crippen LogP contribution in [-0.2, 0) is 24.8 Å². The molecule has 0 bridgehead atoms. The summed E-state index contributed by atoms with van der Waals surface area (Å²) >= 11 is 0. The normalized spacial score (nSPS) is 16.7. The first-order chi connectivity index (χ1) is 10.2. The fourth-order valence-corrected chi connectivity index (χ4v) is 4.60. The third-order valence-corrected chi connectivity index (χ3v) is 6.58. The lowest BCUT2D eigenvalue weighted by molar-refractivity contribution is -0.135. The molecule has 1 aromatic carbocycles. The summed E-state index contributed by atoms with van der Waals surface area (Å²) in [5, 5.41) is 8.48. The van der Waals surface area contributed by atoms with Gasteiger partial charge in [0, 0.05) is 13.1 Å². The number of hydrogen-bond acceptors (Lipinski definition) is 5. The summed E-state index contributed by atoms with van der Waals surface area (Å²) in [5.41, 5.74) is 0. The topological polar surface area (TPSA) is 121 Å². The van der Waals surface area contributed by atoms with Gasteiger partial charge in [0.1, 0.15) is 6.54 Å². The average Bonchev–Trinajstić information content (AvgIpc) is 3.00. The van der Waals surface area contributed by atoms with E-state index in [9.17, 15) is 21.6 Å². The standard InChI is InChI=1S/C12H16N2O6S2/c15-12(16)9-13-21(17,18)10-3-5-11(6-4-10)22(19,20)14-7-1-2-8-14/h3-6,13H,1-2,7-9H2,(H,15,16). The van der Waals surface area contributed by atoms with Gasteiger partial charge in [-0.2, -0.15) is 9.03 Å². The number of aliphatic carboxylic acids is 1. The van der Waals surface area contributed by atoms with E-state index in [-0.39, 0.29) is 9.79 Å². The van der Waals surface area contributed by atoms with Gasteiger partial charge in [-0.1, -0.05) is 0 Å². The number of nitrogens with one attached hydrogen (secondary N) is 1. The minimum atomic E-state index is -3.98. The summed E-state index contributed by atoms with van der Waals surface area (Å²) in [6, 6.07) is 4.71. The fraction of sp³-hybridized carbons (Fsp3) is 0.417. The highest BCUT2D eigenvalue weighted by atomic mass is 32.2. The van der Waals surface area contributed by atoms with E-state index in [0.717, 1.165) is 25.0 Å². The van der Waals surface area contributed by atoms with E-state index < -0.39 is 32.6 Å². The van der Waals surface area contributed by atoms with Gasteiger partial charge in [0.25, 0.3) is 0 Å². The predicted molar refractivity (Wildman–Crippen MR) is 77.3 cm³/mol. The van der Waals surface area contributed by atoms with E-state index in [1.165, 1.54) is 16.4 Å². The highest BCUT2D eigenvalue weighted by Gasteiger charge is 2.27. The molecule has 0 saturated carbocycles. The molecule has 8 nitrogen and oxygen atoms in total. The van der Waals surface area contributed by atoms with Crippen LogP contribution in [0.15, 0.2) is 34.1 Å². The van der Waals surface area contributed by atoms with Crippen LogP contribution in [0.25, 0.3) is 0 Å². The van der Waals surface area contributed by atoms with Gasteiger partial charge in [-0.15, -0.1) is 0 Å². The smallest absolute Gasteiger partial charge is 0.318 e. The van der Waals surface area contributed by atoms with Crippen molar-refractivity contribution in [3.63, 3.8) is 0 Å². The number of carboxylic acid groups (broad SMARTS) is 1. The summed E-state index contributed by atoms with van der Waals surface area (Å²) in [6.07, 6.45) is 1.62. The molecule has 1 saturated heterocycles. The van der Waals surface area contributed by atoms with Gasteiger partial charge in [-0.25, -0.2) is 16.8 Å². The summed E-state index contributed by atoms with van der Waals surface area (Å²) < 4.78 is 51.5. The van der Waals surface area contributed by atoms with Crippen LogP contribution in [0.3, 0.4) is 0 Å². The maximum absolute atomic E-state index is 12.3. The van der Waals surface area contributed by atoms with Crippen LogP contribution in [0.2, 0.25) is 0 Å². The van der Waals surface area contributed by atoms with Gasteiger partial charge >= 0.3 is 5.97 Å². The van der Waals surface area contributed by atoms with Crippen molar-refractivity contribution in [1.82, 2.24) is 9.03 Å². The second kappa shape index (κ2) is 6.32. The average molecular weight is 348 g/mol. The molecule has 0 aliphatic carbocycles. The number of carbonyl (C=O) groups is 1. The lowest BCUT2D eigenvalue weighted by atomic mass is 10.4. The van der Waals surface area contributed by atoms with E-state index in [1.54, 1.807) is 0 Å². The van der Waals surface area contributed by atoms with E-state index in [1.807, 2.05) is 4.72 Å². The molecule has 2 N–H and O–H groups in total. The van der Waals surface area contributed by atoms with Crippen molar-refractivity contribution in [2.75, 3.05) is 19.6 Å². The fourth-order valence-electron chi connectivity index (χ4n) is 2.11. The molecular formula is C12H16N2O6S2. The summed E-state index contributed by atoms with van der Waals surface area (Å²) in [6.45, 7) is 0.182. The Morgan fingerprint density at radius 1 is 1.05 bits per heavy atom. The van der Waals surface area contributed by atoms with Crippen LogP contribution in [0.4, 0.5) is 0 Å². The Morgan fingerprint density at radius 2 is 1.55 bits per heavy atom. The van der Waals surface area contributed by atoms with Gasteiger partial charge in [0.2, 0.25) is 20.0 Å². The summed E-state index contributed by atoms with van der Waals surface area (Å²) in [7, 11) is -7.58. The van der Waals surface area contributed by atoms with E-state index in [0.29, 0.717) is 13.1 Å². The molecule has 1 heterocycles. The number of hydrogen-bond donors (Lipinski definition) is 2. The van der Waals surface area contributed by atoms with Gasteiger partial charge < -0.3 is 5.11 Å². The molecule has 1 aliphatic rings. The Balaban J connectivity index is 2.21. The first kappa shape index (κ1) is 16.9. The Hall–Kier alpha value is -1.49. The number of sulfonamides is 2. The Morgan fingerprint density at radius 3 is 2.05 bits per heavy atom. The molecule has 1 aromatic rings. The highest BCUT2D eigenvalue weighted by molar-refractivity contribution is 7.89. The van der Waals surface area contributed by atoms with Gasteiger partial charge in [0.15, 0.2) is 0 Å². The SMILES string of the molecule is O=C(O)CNS(=O)(=O)c1ccc(S(=O)(=O)N2CCCC2)cc1. The lowest BCUT2D eigenvalue weighted by Crippen LogP contribution is -2.30. The quantitative estimate of drug-likeness (QED) is 0.736. The molecule has 0 amide bonds. The molecule has 0 spiro atoms. The molecule has 1 aliphatic heterocycles. The van der Waals surface area contributed by atoms with Gasteiger partial charge in [-0.05, 0) is 37.1 Å². The van der Waals surface area contributed by atoms with E-state index in [4.69, 9.17) is 5.11 Å². The first-order valence-corrected chi connectivity index (χ1v) is 9.47. The summed E-state index contributed by atoms with van der Waals surface area (Å²) in [5.74, 6) is -1.31. The highest BCUT2D eigenvalue weighted by Crippen LogP contribution is 2.22. The Bertz CT molecular complexity index is 749. The molecule has 22 heavy (non-hydrogen) atoms. The second-order valence-electron chi connectivity index (χ2n) is 4.80. The zero-order valence-electron chi connectivity index (χ0n) is 11.6. The van der Waals surface area contributed by atoms with Crippen molar-refractivity contribution in [2.45, 2.75) is 22.6 Å². The predicted octanol–water partition coefficient (Wildman–Crippen LogP) is -0.166. The van der Waals surface area contributed by atoms with Crippen molar-refractivity contribution in [2.24, 2.45) is 0 Å². The summed E-state index contributed by atoms with van der Waals surface area (Å²) in [4.78, 5) is 10.2. The van der Waals surface area contributed by atoms with Crippen LogP contribution in [0, 0.1) is 0 Å². The molecule has 2 rings (SSSR count). The van der Waals surface area contributed by atoms with Crippen molar-refractivity contribution in [3.8, 4) is 0 Å². The molecule has 1 fully saturated rings. The molecule has 0 atom stereocenters. The molecule has 0 radical (unpaired) electrons. The van der Waals surface area contributed by atoms with E-state index in [2.05, 4.69) is 0 Å². The van der Waals surface area contributed by atoms with E-state index >= 15 is 0 Å². The second-order valence-corrected chi connectivity index (χ2v) is 8.51. The zero-order chi connectivity index (χ0) is 16.4. The van der Waals surface area contributed by atoms with Crippen molar-refractivity contribution in [3.05, 3.63) is 24.3 Å². The largest absolute Gasteiger partial charge is 0.480 e. The zero-order valence-corrected chi connectivity index (χ0v) is 13.2. The Kier molecular flexibility index (Phi) is 4.85. The minimum absolute atomic E-state index is 0.0200. The number of carboxylic acids is 1. The Labute approximate surface area is 128 Å². The van der Waals surface area contributed by atoms with Crippen LogP contribution < -0.4 is 4.72 Å². The van der Waals surface area contributed by atoms with Crippen LogP contribution >= 0.6 is 0 Å². The first-order valence-electron chi connectivity index (χ1n) is 6.55. The third-order valence-electron chi connectivity index (χ3n) is 3.25.